The predicted molar refractivity (Wildman–Crippen MR) is 81.1 cm³/mol. The maximum absolute atomic E-state index is 10.6. The Labute approximate surface area is 125 Å². The zero-order chi connectivity index (χ0) is 15.7. The van der Waals surface area contributed by atoms with Crippen LogP contribution in [0.15, 0.2) is 24.3 Å². The van der Waals surface area contributed by atoms with Gasteiger partial charge in [0.1, 0.15) is 0 Å². The summed E-state index contributed by atoms with van der Waals surface area (Å²) < 4.78 is 0. The van der Waals surface area contributed by atoms with E-state index in [0.717, 1.165) is 25.8 Å². The summed E-state index contributed by atoms with van der Waals surface area (Å²) in [6.45, 7) is 2.68. The average Bonchev–Trinajstić information content (AvgIpc) is 2.50. The number of nitrogens with one attached hydrogen (secondary N) is 1. The zero-order valence-corrected chi connectivity index (χ0v) is 12.4. The highest BCUT2D eigenvalue weighted by molar-refractivity contribution is 5.34. The summed E-state index contributed by atoms with van der Waals surface area (Å²) in [5.41, 5.74) is 0.541. The van der Waals surface area contributed by atoms with Gasteiger partial charge in [0, 0.05) is 12.1 Å². The van der Waals surface area contributed by atoms with Crippen LogP contribution in [0.1, 0.15) is 44.3 Å². The van der Waals surface area contributed by atoms with E-state index in [1.165, 1.54) is 30.7 Å². The molecule has 6 heteroatoms. The van der Waals surface area contributed by atoms with E-state index >= 15 is 0 Å². The van der Waals surface area contributed by atoms with Gasteiger partial charge in [0.15, 0.2) is 0 Å². The maximum Gasteiger partial charge on any atom is 0.269 e. The van der Waals surface area contributed by atoms with Crippen molar-refractivity contribution in [2.24, 2.45) is 0 Å². The van der Waals surface area contributed by atoms with E-state index in [0.29, 0.717) is 5.56 Å². The average molecular weight is 296 g/mol. The molecule has 1 aromatic rings. The van der Waals surface area contributed by atoms with Gasteiger partial charge in [0.05, 0.1) is 23.7 Å². The summed E-state index contributed by atoms with van der Waals surface area (Å²) in [6.07, 6.45) is 3.57. The van der Waals surface area contributed by atoms with Crippen molar-refractivity contribution in [3.8, 4) is 0 Å². The van der Waals surface area contributed by atoms with Gasteiger partial charge >= 0.3 is 0 Å². The molecule has 1 unspecified atom stereocenters. The molecule has 1 aromatic carbocycles. The zero-order valence-electron chi connectivity index (χ0n) is 12.4. The normalized spacial score (nSPS) is 13.9. The molecule has 0 aliphatic carbocycles. The van der Waals surface area contributed by atoms with Crippen molar-refractivity contribution in [1.82, 2.24) is 5.32 Å². The number of hydrogen-bond donors (Lipinski definition) is 3. The summed E-state index contributed by atoms with van der Waals surface area (Å²) in [5.74, 6) is 0. The van der Waals surface area contributed by atoms with Gasteiger partial charge in [-0.1, -0.05) is 26.2 Å². The number of hydrogen-bond acceptors (Lipinski definition) is 5. The number of nitro groups is 1. The quantitative estimate of drug-likeness (QED) is 0.349. The molecule has 21 heavy (non-hydrogen) atoms. The number of aliphatic hydroxyl groups is 2. The monoisotopic (exact) mass is 296 g/mol. The minimum atomic E-state index is -0.887. The molecule has 2 atom stereocenters. The number of rotatable bonds is 10. The lowest BCUT2D eigenvalue weighted by molar-refractivity contribution is -0.384. The largest absolute Gasteiger partial charge is 0.395 e. The first-order chi connectivity index (χ1) is 10.1. The molecular formula is C15H24N2O4. The highest BCUT2D eigenvalue weighted by Gasteiger charge is 2.20. The number of aliphatic hydroxyl groups excluding tert-OH is 2. The second kappa shape index (κ2) is 9.44. The smallest absolute Gasteiger partial charge is 0.269 e. The van der Waals surface area contributed by atoms with Gasteiger partial charge in [-0.25, -0.2) is 0 Å². The predicted octanol–water partition coefficient (Wildman–Crippen LogP) is 2.16. The van der Waals surface area contributed by atoms with E-state index in [1.54, 1.807) is 0 Å². The van der Waals surface area contributed by atoms with E-state index in [1.807, 2.05) is 0 Å². The SMILES string of the molecule is CCCCCCN[C@H](CO)C(O)c1ccc([N+](=O)[O-])cc1. The fourth-order valence-corrected chi connectivity index (χ4v) is 2.14. The Hall–Kier alpha value is -1.50. The summed E-state index contributed by atoms with van der Waals surface area (Å²) in [6, 6.07) is 5.28. The van der Waals surface area contributed by atoms with Gasteiger partial charge in [0.25, 0.3) is 5.69 Å². The van der Waals surface area contributed by atoms with Crippen LogP contribution >= 0.6 is 0 Å². The van der Waals surface area contributed by atoms with Gasteiger partial charge in [-0.05, 0) is 30.7 Å². The van der Waals surface area contributed by atoms with Crippen LogP contribution in [-0.2, 0) is 0 Å². The minimum absolute atomic E-state index is 0.0148. The van der Waals surface area contributed by atoms with Crippen molar-refractivity contribution < 1.29 is 15.1 Å². The second-order valence-electron chi connectivity index (χ2n) is 5.10. The molecular weight excluding hydrogens is 272 g/mol. The van der Waals surface area contributed by atoms with Crippen LogP contribution in [0.5, 0.6) is 0 Å². The highest BCUT2D eigenvalue weighted by atomic mass is 16.6. The number of nitro benzene ring substituents is 1. The molecule has 0 fully saturated rings. The summed E-state index contributed by atoms with van der Waals surface area (Å²) in [5, 5.41) is 33.3. The summed E-state index contributed by atoms with van der Waals surface area (Å²) in [4.78, 5) is 10.1. The number of unbranched alkanes of at least 4 members (excludes halogenated alkanes) is 3. The van der Waals surface area contributed by atoms with Crippen molar-refractivity contribution in [2.45, 2.75) is 44.8 Å². The van der Waals surface area contributed by atoms with Gasteiger partial charge in [0.2, 0.25) is 0 Å². The molecule has 0 aromatic heterocycles. The molecule has 3 N–H and O–H groups in total. The van der Waals surface area contributed by atoms with Crippen molar-refractivity contribution in [3.63, 3.8) is 0 Å². The van der Waals surface area contributed by atoms with Crippen molar-refractivity contribution in [3.05, 3.63) is 39.9 Å². The van der Waals surface area contributed by atoms with Crippen LogP contribution < -0.4 is 5.32 Å². The lowest BCUT2D eigenvalue weighted by atomic mass is 10.0. The van der Waals surface area contributed by atoms with E-state index in [9.17, 15) is 20.3 Å². The molecule has 1 rings (SSSR count). The Bertz CT molecular complexity index is 422. The van der Waals surface area contributed by atoms with Crippen LogP contribution in [0.4, 0.5) is 5.69 Å². The maximum atomic E-state index is 10.6. The molecule has 0 saturated carbocycles. The molecule has 0 bridgehead atoms. The van der Waals surface area contributed by atoms with Crippen molar-refractivity contribution >= 4 is 5.69 Å². The Kier molecular flexibility index (Phi) is 7.89. The first-order valence-corrected chi connectivity index (χ1v) is 7.36. The third-order valence-corrected chi connectivity index (χ3v) is 3.46. The van der Waals surface area contributed by atoms with Crippen LogP contribution in [0.3, 0.4) is 0 Å². The molecule has 0 heterocycles. The molecule has 0 spiro atoms. The van der Waals surface area contributed by atoms with E-state index in [-0.39, 0.29) is 12.3 Å². The molecule has 0 saturated heterocycles. The number of nitrogens with zero attached hydrogens (tertiary/aromatic N) is 1. The fourth-order valence-electron chi connectivity index (χ4n) is 2.14. The number of non-ortho nitro benzene ring substituents is 1. The van der Waals surface area contributed by atoms with Crippen LogP contribution in [0.2, 0.25) is 0 Å². The van der Waals surface area contributed by atoms with Gasteiger partial charge in [-0.3, -0.25) is 10.1 Å². The standard InChI is InChI=1S/C15H24N2O4/c1-2-3-4-5-10-16-14(11-18)15(19)12-6-8-13(9-7-12)17(20)21/h6-9,14-16,18-19H,2-5,10-11H2,1H3/t14-,15?/m1/s1. The van der Waals surface area contributed by atoms with Gasteiger partial charge < -0.3 is 15.5 Å². The first kappa shape index (κ1) is 17.6. The molecule has 118 valence electrons. The number of benzene rings is 1. The molecule has 0 aliphatic heterocycles. The second-order valence-corrected chi connectivity index (χ2v) is 5.10. The lowest BCUT2D eigenvalue weighted by Crippen LogP contribution is -2.38. The highest BCUT2D eigenvalue weighted by Crippen LogP contribution is 2.20. The third-order valence-electron chi connectivity index (χ3n) is 3.46. The minimum Gasteiger partial charge on any atom is -0.395 e. The van der Waals surface area contributed by atoms with Crippen molar-refractivity contribution in [2.75, 3.05) is 13.2 Å². The van der Waals surface area contributed by atoms with Crippen LogP contribution in [-0.4, -0.2) is 34.3 Å². The van der Waals surface area contributed by atoms with Gasteiger partial charge in [-0.2, -0.15) is 0 Å². The van der Waals surface area contributed by atoms with Crippen LogP contribution in [0.25, 0.3) is 0 Å². The Morgan fingerprint density at radius 1 is 1.24 bits per heavy atom. The lowest BCUT2D eigenvalue weighted by Gasteiger charge is -2.22. The van der Waals surface area contributed by atoms with Gasteiger partial charge in [-0.15, -0.1) is 0 Å². The topological polar surface area (TPSA) is 95.6 Å². The fraction of sp³-hybridized carbons (Fsp3) is 0.600. The molecule has 0 amide bonds. The van der Waals surface area contributed by atoms with Crippen molar-refractivity contribution in [1.29, 1.82) is 0 Å². The summed E-state index contributed by atoms with van der Waals surface area (Å²) in [7, 11) is 0. The van der Waals surface area contributed by atoms with E-state index < -0.39 is 17.1 Å². The van der Waals surface area contributed by atoms with Crippen LogP contribution in [0, 0.1) is 10.1 Å². The van der Waals surface area contributed by atoms with E-state index in [2.05, 4.69) is 12.2 Å². The Morgan fingerprint density at radius 2 is 1.90 bits per heavy atom. The molecule has 6 nitrogen and oxygen atoms in total. The Morgan fingerprint density at radius 3 is 2.43 bits per heavy atom. The van der Waals surface area contributed by atoms with E-state index in [4.69, 9.17) is 0 Å². The molecule has 0 aliphatic rings. The molecule has 0 radical (unpaired) electrons. The third kappa shape index (κ3) is 5.79. The summed E-state index contributed by atoms with van der Waals surface area (Å²) >= 11 is 0. The first-order valence-electron chi connectivity index (χ1n) is 7.36. The Balaban J connectivity index is 2.53.